The molecule has 0 aliphatic carbocycles. The maximum absolute atomic E-state index is 9.28. The summed E-state index contributed by atoms with van der Waals surface area (Å²) in [7, 11) is -4.92. The van der Waals surface area contributed by atoms with E-state index in [0.717, 1.165) is 0 Å². The number of rotatable bonds is 1. The molecule has 0 bridgehead atoms. The molecule has 5 N–H and O–H groups in total. The summed E-state index contributed by atoms with van der Waals surface area (Å²) in [5, 5.41) is 14.6. The van der Waals surface area contributed by atoms with Crippen LogP contribution in [0.4, 0.5) is 0 Å². The molecule has 0 spiro atoms. The molecular weight excluding hydrogens is 196 g/mol. The summed E-state index contributed by atoms with van der Waals surface area (Å²) in [5.74, 6) is -0.662. The van der Waals surface area contributed by atoms with Gasteiger partial charge in [0.05, 0.1) is 0 Å². The fraction of sp³-hybridized carbons (Fsp3) is 0. The van der Waals surface area contributed by atoms with Gasteiger partial charge < -0.3 is 10.3 Å². The smallest absolute Gasteiger partial charge is 0.726 e. The third-order valence-electron chi connectivity index (χ3n) is 0.212. The summed E-state index contributed by atoms with van der Waals surface area (Å²) in [5.41, 5.74) is 5.91. The van der Waals surface area contributed by atoms with E-state index in [1.54, 1.807) is 0 Å². The third-order valence-corrected chi connectivity index (χ3v) is 0.212. The Morgan fingerprint density at radius 1 is 1.75 bits per heavy atom. The first-order valence-corrected chi connectivity index (χ1v) is 3.43. The Labute approximate surface area is 68.1 Å². The molecule has 0 saturated carbocycles. The van der Waals surface area contributed by atoms with Gasteiger partial charge in [-0.3, -0.25) is 9.96 Å². The second-order valence-corrected chi connectivity index (χ2v) is 2.07. The van der Waals surface area contributed by atoms with Crippen molar-refractivity contribution in [2.75, 3.05) is 0 Å². The fourth-order valence-electron chi connectivity index (χ4n) is 0.0983. The van der Waals surface area contributed by atoms with Crippen molar-refractivity contribution in [3.05, 3.63) is 10.1 Å². The van der Waals surface area contributed by atoms with Crippen molar-refractivity contribution < 1.29 is 24.0 Å². The molecule has 0 saturated heterocycles. The van der Waals surface area contributed by atoms with Crippen molar-refractivity contribution in [1.29, 1.82) is 5.41 Å². The van der Waals surface area contributed by atoms with Gasteiger partial charge in [-0.1, -0.05) is 5.43 Å². The predicted molar refractivity (Wildman–Crippen MR) is 35.5 cm³/mol. The highest BCUT2D eigenvalue weighted by atomic mass is 32.3. The molecule has 11 heteroatoms. The number of nitro groups is 1. The van der Waals surface area contributed by atoms with Gasteiger partial charge in [-0.25, -0.2) is 18.5 Å². The van der Waals surface area contributed by atoms with Gasteiger partial charge in [0.15, 0.2) is 5.03 Å². The Kier molecular flexibility index (Phi) is 5.73. The van der Waals surface area contributed by atoms with Crippen molar-refractivity contribution in [2.45, 2.75) is 0 Å². The van der Waals surface area contributed by atoms with E-state index in [1.807, 2.05) is 0 Å². The summed E-state index contributed by atoms with van der Waals surface area (Å²) in [6.45, 7) is 0. The normalized spacial score (nSPS) is 9.17. The first-order chi connectivity index (χ1) is 5.13. The molecule has 0 aromatic rings. The van der Waals surface area contributed by atoms with Gasteiger partial charge in [0, 0.05) is 0 Å². The van der Waals surface area contributed by atoms with Crippen LogP contribution < -0.4 is 11.2 Å². The van der Waals surface area contributed by atoms with Crippen molar-refractivity contribution in [1.82, 2.24) is 5.43 Å². The summed E-state index contributed by atoms with van der Waals surface area (Å²) < 4.78 is 32.8. The van der Waals surface area contributed by atoms with Crippen LogP contribution in [0.3, 0.4) is 0 Å². The zero-order valence-corrected chi connectivity index (χ0v) is 6.24. The number of hydrazine groups is 1. The molecule has 0 fully saturated rings. The first-order valence-electron chi connectivity index (χ1n) is 2.06. The zero-order valence-electron chi connectivity index (χ0n) is 6.42. The summed E-state index contributed by atoms with van der Waals surface area (Å²) in [6.07, 6.45) is 0. The molecule has 0 aromatic carbocycles. The number of hydrogen-bond acceptors (Lipinski definition) is 6. The number of nitrogens with zero attached hydrogens (tertiary/aromatic N) is 1. The molecule has 0 aromatic heterocycles. The van der Waals surface area contributed by atoms with Crippen LogP contribution in [0.25, 0.3) is 0 Å². The van der Waals surface area contributed by atoms with E-state index >= 15 is 0 Å². The van der Waals surface area contributed by atoms with Gasteiger partial charge in [0.2, 0.25) is 16.4 Å². The third kappa shape index (κ3) is 75.3. The van der Waals surface area contributed by atoms with E-state index in [4.69, 9.17) is 22.9 Å². The minimum atomic E-state index is -4.92. The Morgan fingerprint density at radius 2 is 2.00 bits per heavy atom. The molecule has 0 amide bonds. The van der Waals surface area contributed by atoms with Crippen LogP contribution in [0.2, 0.25) is 0 Å². The molecule has 10 nitrogen and oxygen atoms in total. The Bertz CT molecular complexity index is 240. The summed E-state index contributed by atoms with van der Waals surface area (Å²) in [6, 6.07) is 0. The van der Waals surface area contributed by atoms with Crippen LogP contribution >= 0.6 is 0 Å². The van der Waals surface area contributed by atoms with Gasteiger partial charge in [-0.15, -0.1) is 0 Å². The van der Waals surface area contributed by atoms with Gasteiger partial charge in [-0.05, 0) is 0 Å². The lowest BCUT2D eigenvalue weighted by Gasteiger charge is -1.88. The predicted octanol–water partition coefficient (Wildman–Crippen LogP) is -2.22. The second kappa shape index (κ2) is 5.22. The van der Waals surface area contributed by atoms with Crippen LogP contribution in [-0.4, -0.2) is 28.5 Å². The van der Waals surface area contributed by atoms with Crippen LogP contribution in [0.15, 0.2) is 0 Å². The van der Waals surface area contributed by atoms with Crippen molar-refractivity contribution >= 4 is 16.4 Å². The maximum atomic E-state index is 9.28. The monoisotopic (exact) mass is 202 g/mol. The summed E-state index contributed by atoms with van der Waals surface area (Å²) in [4.78, 5) is 9.28. The van der Waals surface area contributed by atoms with E-state index in [-0.39, 0.29) is 1.43 Å². The number of nitrogens with two attached hydrogens (primary N) is 1. The Balaban J connectivity index is -0.000000150. The highest BCUT2D eigenvalue weighted by molar-refractivity contribution is 7.79. The second-order valence-electron chi connectivity index (χ2n) is 1.21. The van der Waals surface area contributed by atoms with E-state index in [1.165, 1.54) is 5.43 Å². The number of nitrogens with one attached hydrogen (secondary N) is 2. The number of guanidine groups is 1. The molecule has 0 heterocycles. The summed E-state index contributed by atoms with van der Waals surface area (Å²) >= 11 is 0. The van der Waals surface area contributed by atoms with Crippen LogP contribution in [0.1, 0.15) is 1.43 Å². The van der Waals surface area contributed by atoms with Crippen LogP contribution in [-0.2, 0) is 10.4 Å². The molecule has 0 rings (SSSR count). The molecule has 0 atom stereocenters. The zero-order chi connectivity index (χ0) is 10.4. The lowest BCUT2D eigenvalue weighted by Crippen LogP contribution is -2.34. The lowest BCUT2D eigenvalue weighted by atomic mass is 11.1. The quantitative estimate of drug-likeness (QED) is 0.0919. The van der Waals surface area contributed by atoms with Crippen molar-refractivity contribution in [2.24, 2.45) is 5.73 Å². The average Bonchev–Trinajstić information content (AvgIpc) is 1.52. The highest BCUT2D eigenvalue weighted by Gasteiger charge is 1.91. The highest BCUT2D eigenvalue weighted by Crippen LogP contribution is 1.58. The fourth-order valence-corrected chi connectivity index (χ4v) is 0.0983. The van der Waals surface area contributed by atoms with Crippen molar-refractivity contribution in [3.63, 3.8) is 0 Å². The SMILES string of the molecule is N=C(N)N[N+](=O)[O-].O=S(=O)([O-])O.[H+]. The molecule has 12 heavy (non-hydrogen) atoms. The van der Waals surface area contributed by atoms with Gasteiger partial charge >= 0.3 is 1.43 Å². The molecule has 0 radical (unpaired) electrons. The van der Waals surface area contributed by atoms with Crippen molar-refractivity contribution in [3.8, 4) is 0 Å². The van der Waals surface area contributed by atoms with Gasteiger partial charge in [-0.2, -0.15) is 0 Å². The minimum absolute atomic E-state index is 0. The molecule has 0 aliphatic heterocycles. The standard InChI is InChI=1S/CH4N4O2.H2O4S/c2-1(3)4-5(6)7;1-5(2,3)4/h(H4,2,3,4);(H2,1,2,3,4). The van der Waals surface area contributed by atoms with E-state index in [0.29, 0.717) is 0 Å². The minimum Gasteiger partial charge on any atom is -0.726 e. The molecule has 0 unspecified atom stereocenters. The van der Waals surface area contributed by atoms with E-state index in [2.05, 4.69) is 5.73 Å². The molecule has 72 valence electrons. The topological polar surface area (TPSA) is 182 Å². The van der Waals surface area contributed by atoms with E-state index < -0.39 is 21.4 Å². The lowest BCUT2D eigenvalue weighted by molar-refractivity contribution is -0.525. The first kappa shape index (κ1) is 13.2. The molecule has 0 aliphatic rings. The number of hydrogen-bond donors (Lipinski definition) is 4. The average molecular weight is 202 g/mol. The Hall–Kier alpha value is -1.46. The molecular formula is CH6N4O6S. The van der Waals surface area contributed by atoms with E-state index in [9.17, 15) is 10.1 Å². The van der Waals surface area contributed by atoms with Crippen LogP contribution in [0, 0.1) is 15.5 Å². The van der Waals surface area contributed by atoms with Crippen LogP contribution in [0.5, 0.6) is 0 Å². The van der Waals surface area contributed by atoms with Gasteiger partial charge in [0.1, 0.15) is 0 Å². The maximum Gasteiger partial charge on any atom is 1.00 e. The van der Waals surface area contributed by atoms with Gasteiger partial charge in [0.25, 0.3) is 0 Å². The Morgan fingerprint density at radius 3 is 2.00 bits per heavy atom. The largest absolute Gasteiger partial charge is 1.00 e.